The van der Waals surface area contributed by atoms with Crippen molar-refractivity contribution in [2.75, 3.05) is 13.2 Å². The molecule has 1 aliphatic rings. The third-order valence-corrected chi connectivity index (χ3v) is 2.56. The maximum absolute atomic E-state index is 11.2. The predicted octanol–water partition coefficient (Wildman–Crippen LogP) is 1.64. The van der Waals surface area contributed by atoms with Crippen LogP contribution in [0, 0.1) is 0 Å². The largest absolute Gasteiger partial charge is 0.457 e. The SMILES string of the molecule is O=C1OCC(c2ccc(Cl)cc2)=C1CO. The van der Waals surface area contributed by atoms with Crippen LogP contribution in [0.2, 0.25) is 5.02 Å². The van der Waals surface area contributed by atoms with Crippen molar-refractivity contribution in [2.24, 2.45) is 0 Å². The second-order valence-electron chi connectivity index (χ2n) is 3.20. The van der Waals surface area contributed by atoms with Crippen LogP contribution in [0.1, 0.15) is 5.56 Å². The minimum atomic E-state index is -0.442. The normalized spacial score (nSPS) is 15.7. The lowest BCUT2D eigenvalue weighted by molar-refractivity contribution is -0.136. The molecule has 1 aliphatic heterocycles. The molecule has 0 bridgehead atoms. The fourth-order valence-electron chi connectivity index (χ4n) is 1.50. The van der Waals surface area contributed by atoms with E-state index in [0.717, 1.165) is 11.1 Å². The molecule has 1 aromatic rings. The highest BCUT2D eigenvalue weighted by molar-refractivity contribution is 6.30. The number of rotatable bonds is 2. The van der Waals surface area contributed by atoms with Crippen molar-refractivity contribution in [3.8, 4) is 0 Å². The zero-order chi connectivity index (χ0) is 10.8. The molecule has 0 aromatic heterocycles. The molecule has 0 radical (unpaired) electrons. The van der Waals surface area contributed by atoms with E-state index < -0.39 is 5.97 Å². The third kappa shape index (κ3) is 1.89. The number of esters is 1. The first kappa shape index (κ1) is 10.2. The van der Waals surface area contributed by atoms with Gasteiger partial charge in [-0.1, -0.05) is 23.7 Å². The Labute approximate surface area is 91.9 Å². The van der Waals surface area contributed by atoms with Gasteiger partial charge in [0.2, 0.25) is 0 Å². The van der Waals surface area contributed by atoms with Gasteiger partial charge in [-0.05, 0) is 17.7 Å². The summed E-state index contributed by atoms with van der Waals surface area (Å²) < 4.78 is 4.85. The van der Waals surface area contributed by atoms with E-state index in [1.165, 1.54) is 0 Å². The molecule has 0 amide bonds. The molecule has 1 heterocycles. The minimum Gasteiger partial charge on any atom is -0.457 e. The quantitative estimate of drug-likeness (QED) is 0.777. The van der Waals surface area contributed by atoms with Crippen molar-refractivity contribution in [1.82, 2.24) is 0 Å². The first-order valence-corrected chi connectivity index (χ1v) is 4.86. The maximum atomic E-state index is 11.2. The van der Waals surface area contributed by atoms with E-state index in [4.69, 9.17) is 21.4 Å². The molecule has 2 rings (SSSR count). The molecule has 1 N–H and O–H groups in total. The van der Waals surface area contributed by atoms with Gasteiger partial charge < -0.3 is 9.84 Å². The molecule has 0 aliphatic carbocycles. The molecule has 0 spiro atoms. The zero-order valence-electron chi connectivity index (χ0n) is 7.87. The zero-order valence-corrected chi connectivity index (χ0v) is 8.62. The minimum absolute atomic E-state index is 0.219. The molecular weight excluding hydrogens is 216 g/mol. The molecule has 0 atom stereocenters. The van der Waals surface area contributed by atoms with E-state index in [9.17, 15) is 4.79 Å². The molecule has 0 saturated carbocycles. The molecule has 1 aromatic carbocycles. The van der Waals surface area contributed by atoms with Crippen LogP contribution < -0.4 is 0 Å². The number of benzene rings is 1. The Hall–Kier alpha value is -1.32. The lowest BCUT2D eigenvalue weighted by atomic mass is 10.0. The van der Waals surface area contributed by atoms with Gasteiger partial charge >= 0.3 is 5.97 Å². The van der Waals surface area contributed by atoms with Crippen molar-refractivity contribution in [3.05, 3.63) is 40.4 Å². The number of carbonyl (C=O) groups is 1. The summed E-state index contributed by atoms with van der Waals surface area (Å²) in [7, 11) is 0. The number of aliphatic hydroxyl groups excluding tert-OH is 1. The van der Waals surface area contributed by atoms with Crippen LogP contribution in [0.4, 0.5) is 0 Å². The van der Waals surface area contributed by atoms with Crippen molar-refractivity contribution in [3.63, 3.8) is 0 Å². The molecule has 3 nitrogen and oxygen atoms in total. The van der Waals surface area contributed by atoms with Gasteiger partial charge in [0.25, 0.3) is 0 Å². The van der Waals surface area contributed by atoms with Crippen molar-refractivity contribution in [2.45, 2.75) is 0 Å². The maximum Gasteiger partial charge on any atom is 0.337 e. The first-order chi connectivity index (χ1) is 7.22. The van der Waals surface area contributed by atoms with Crippen molar-refractivity contribution < 1.29 is 14.6 Å². The Kier molecular flexibility index (Phi) is 2.75. The Balaban J connectivity index is 2.42. The number of hydrogen-bond acceptors (Lipinski definition) is 3. The Morgan fingerprint density at radius 2 is 2.00 bits per heavy atom. The average Bonchev–Trinajstić information content (AvgIpc) is 2.61. The fraction of sp³-hybridized carbons (Fsp3) is 0.182. The second-order valence-corrected chi connectivity index (χ2v) is 3.63. The predicted molar refractivity (Wildman–Crippen MR) is 56.4 cm³/mol. The molecule has 0 saturated heterocycles. The lowest BCUT2D eigenvalue weighted by Crippen LogP contribution is -2.02. The summed E-state index contributed by atoms with van der Waals surface area (Å²) in [6.07, 6.45) is 0. The molecule has 0 fully saturated rings. The van der Waals surface area contributed by atoms with E-state index in [2.05, 4.69) is 0 Å². The highest BCUT2D eigenvalue weighted by atomic mass is 35.5. The Bertz CT molecular complexity index is 420. The summed E-state index contributed by atoms with van der Waals surface area (Å²) in [4.78, 5) is 11.2. The van der Waals surface area contributed by atoms with Crippen LogP contribution >= 0.6 is 11.6 Å². The number of hydrogen-bond donors (Lipinski definition) is 1. The summed E-state index contributed by atoms with van der Waals surface area (Å²) in [5, 5.41) is 9.67. The number of carbonyl (C=O) groups excluding carboxylic acids is 1. The van der Waals surface area contributed by atoms with Crippen LogP contribution in [0.5, 0.6) is 0 Å². The standard InChI is InChI=1S/C11H9ClO3/c12-8-3-1-7(2-4-8)10-6-15-11(14)9(10)5-13/h1-4,13H,5-6H2. The monoisotopic (exact) mass is 224 g/mol. The van der Waals surface area contributed by atoms with Crippen LogP contribution in [-0.2, 0) is 9.53 Å². The highest BCUT2D eigenvalue weighted by Crippen LogP contribution is 2.26. The van der Waals surface area contributed by atoms with Gasteiger partial charge in [0, 0.05) is 10.6 Å². The number of halogens is 1. The number of ether oxygens (including phenoxy) is 1. The summed E-state index contributed by atoms with van der Waals surface area (Å²) in [5.41, 5.74) is 1.92. The van der Waals surface area contributed by atoms with Crippen molar-refractivity contribution in [1.29, 1.82) is 0 Å². The van der Waals surface area contributed by atoms with Crippen LogP contribution in [0.25, 0.3) is 5.57 Å². The van der Waals surface area contributed by atoms with Gasteiger partial charge in [0.1, 0.15) is 6.61 Å². The molecule has 4 heteroatoms. The lowest BCUT2D eigenvalue weighted by Gasteiger charge is -2.01. The van der Waals surface area contributed by atoms with Crippen LogP contribution in [0.3, 0.4) is 0 Å². The van der Waals surface area contributed by atoms with Gasteiger partial charge in [-0.3, -0.25) is 0 Å². The van der Waals surface area contributed by atoms with Gasteiger partial charge in [0.15, 0.2) is 0 Å². The summed E-state index contributed by atoms with van der Waals surface area (Å²) >= 11 is 5.75. The highest BCUT2D eigenvalue weighted by Gasteiger charge is 2.24. The topological polar surface area (TPSA) is 46.5 Å². The first-order valence-electron chi connectivity index (χ1n) is 4.48. The van der Waals surface area contributed by atoms with Gasteiger partial charge in [-0.25, -0.2) is 4.79 Å². The Morgan fingerprint density at radius 1 is 1.33 bits per heavy atom. The average molecular weight is 225 g/mol. The number of aliphatic hydroxyl groups is 1. The summed E-state index contributed by atoms with van der Waals surface area (Å²) in [5.74, 6) is -0.442. The van der Waals surface area contributed by atoms with Gasteiger partial charge in [-0.15, -0.1) is 0 Å². The van der Waals surface area contributed by atoms with E-state index in [1.54, 1.807) is 24.3 Å². The van der Waals surface area contributed by atoms with Gasteiger partial charge in [-0.2, -0.15) is 0 Å². The molecular formula is C11H9ClO3. The van der Waals surface area contributed by atoms with E-state index in [1.807, 2.05) is 0 Å². The Morgan fingerprint density at radius 3 is 2.60 bits per heavy atom. The molecule has 78 valence electrons. The number of cyclic esters (lactones) is 1. The molecule has 0 unspecified atom stereocenters. The van der Waals surface area contributed by atoms with E-state index in [-0.39, 0.29) is 13.2 Å². The fourth-order valence-corrected chi connectivity index (χ4v) is 1.63. The smallest absolute Gasteiger partial charge is 0.337 e. The van der Waals surface area contributed by atoms with Crippen molar-refractivity contribution >= 4 is 23.1 Å². The van der Waals surface area contributed by atoms with Gasteiger partial charge in [0.05, 0.1) is 12.2 Å². The summed E-state index contributed by atoms with van der Waals surface area (Å²) in [6.45, 7) is -0.0762. The second kappa shape index (κ2) is 4.04. The van der Waals surface area contributed by atoms with Crippen LogP contribution in [-0.4, -0.2) is 24.3 Å². The van der Waals surface area contributed by atoms with E-state index >= 15 is 0 Å². The van der Waals surface area contributed by atoms with Crippen LogP contribution in [0.15, 0.2) is 29.8 Å². The molecule has 15 heavy (non-hydrogen) atoms. The van der Waals surface area contributed by atoms with E-state index in [0.29, 0.717) is 10.6 Å². The summed E-state index contributed by atoms with van der Waals surface area (Å²) in [6, 6.07) is 7.08. The third-order valence-electron chi connectivity index (χ3n) is 2.31.